The smallest absolute Gasteiger partial charge is 0.246 e. The minimum Gasteiger partial charge on any atom is -0.490 e. The molecule has 33 heavy (non-hydrogen) atoms. The molecule has 182 valence electrons. The van der Waals surface area contributed by atoms with Crippen LogP contribution in [0.4, 0.5) is 5.69 Å². The largest absolute Gasteiger partial charge is 0.490 e. The van der Waals surface area contributed by atoms with Gasteiger partial charge in [-0.2, -0.15) is 5.10 Å². The molecular formula is C23H35IN6O3. The monoisotopic (exact) mass is 570 g/mol. The van der Waals surface area contributed by atoms with Gasteiger partial charge in [-0.1, -0.05) is 6.07 Å². The van der Waals surface area contributed by atoms with Crippen molar-refractivity contribution in [3.8, 4) is 11.5 Å². The first kappa shape index (κ1) is 26.7. The summed E-state index contributed by atoms with van der Waals surface area (Å²) in [5.41, 5.74) is 1.97. The fraction of sp³-hybridized carbons (Fsp3) is 0.522. The molecule has 1 aliphatic heterocycles. The summed E-state index contributed by atoms with van der Waals surface area (Å²) in [7, 11) is 1.85. The zero-order valence-corrected chi connectivity index (χ0v) is 22.2. The van der Waals surface area contributed by atoms with Crippen LogP contribution in [0, 0.1) is 0 Å². The quantitative estimate of drug-likeness (QED) is 0.284. The number of guanidine groups is 1. The maximum Gasteiger partial charge on any atom is 0.246 e. The van der Waals surface area contributed by atoms with Crippen molar-refractivity contribution < 1.29 is 14.3 Å². The molecule has 1 aromatic carbocycles. The number of rotatable bonds is 9. The molecule has 9 nitrogen and oxygen atoms in total. The van der Waals surface area contributed by atoms with Gasteiger partial charge < -0.3 is 24.6 Å². The summed E-state index contributed by atoms with van der Waals surface area (Å²) in [4.78, 5) is 21.3. The first-order chi connectivity index (χ1) is 15.5. The molecule has 1 N–H and O–H groups in total. The molecule has 2 heterocycles. The molecule has 1 amide bonds. The van der Waals surface area contributed by atoms with Crippen LogP contribution in [0.15, 0.2) is 35.6 Å². The van der Waals surface area contributed by atoms with E-state index in [1.807, 2.05) is 57.1 Å². The Morgan fingerprint density at radius 2 is 1.91 bits per heavy atom. The highest BCUT2D eigenvalue weighted by Crippen LogP contribution is 2.28. The highest BCUT2D eigenvalue weighted by Gasteiger charge is 2.27. The van der Waals surface area contributed by atoms with Crippen LogP contribution in [0.1, 0.15) is 26.3 Å². The molecule has 1 aromatic heterocycles. The molecule has 0 atom stereocenters. The molecular weight excluding hydrogens is 535 g/mol. The van der Waals surface area contributed by atoms with E-state index in [1.54, 1.807) is 15.8 Å². The van der Waals surface area contributed by atoms with E-state index in [4.69, 9.17) is 14.5 Å². The SMILES string of the molecule is CCNC(=NCCc1ccc(OCC)c(OCC)c1)N1CCN(c2cnn(C)c2)C(=O)C1.I. The number of aryl methyl sites for hydroxylation is 1. The minimum absolute atomic E-state index is 0. The number of carbonyl (C=O) groups excluding carboxylic acids is 1. The van der Waals surface area contributed by atoms with Crippen molar-refractivity contribution in [2.24, 2.45) is 12.0 Å². The summed E-state index contributed by atoms with van der Waals surface area (Å²) in [6, 6.07) is 6.02. The first-order valence-corrected chi connectivity index (χ1v) is 11.3. The van der Waals surface area contributed by atoms with E-state index in [-0.39, 0.29) is 36.4 Å². The molecule has 2 aromatic rings. The van der Waals surface area contributed by atoms with Crippen molar-refractivity contribution in [2.45, 2.75) is 27.2 Å². The minimum atomic E-state index is 0. The van der Waals surface area contributed by atoms with Crippen molar-refractivity contribution in [1.82, 2.24) is 20.0 Å². The number of hydrogen-bond acceptors (Lipinski definition) is 5. The molecule has 10 heteroatoms. The maximum absolute atomic E-state index is 12.7. The van der Waals surface area contributed by atoms with E-state index in [2.05, 4.69) is 10.4 Å². The highest BCUT2D eigenvalue weighted by molar-refractivity contribution is 14.0. The normalized spacial score (nSPS) is 14.2. The lowest BCUT2D eigenvalue weighted by atomic mass is 10.1. The van der Waals surface area contributed by atoms with Gasteiger partial charge in [-0.15, -0.1) is 24.0 Å². The zero-order chi connectivity index (χ0) is 22.9. The summed E-state index contributed by atoms with van der Waals surface area (Å²) < 4.78 is 13.1. The summed E-state index contributed by atoms with van der Waals surface area (Å²) in [5, 5.41) is 7.49. The Morgan fingerprint density at radius 1 is 1.15 bits per heavy atom. The van der Waals surface area contributed by atoms with Crippen LogP contribution in [-0.2, 0) is 18.3 Å². The molecule has 1 aliphatic rings. The summed E-state index contributed by atoms with van der Waals surface area (Å²) in [5.74, 6) is 2.34. The molecule has 0 saturated carbocycles. The van der Waals surface area contributed by atoms with E-state index in [0.717, 1.165) is 41.7 Å². The third kappa shape index (κ3) is 7.24. The predicted molar refractivity (Wildman–Crippen MR) is 141 cm³/mol. The second kappa shape index (κ2) is 13.3. The number of carbonyl (C=O) groups is 1. The van der Waals surface area contributed by atoms with Gasteiger partial charge in [0.25, 0.3) is 0 Å². The van der Waals surface area contributed by atoms with Crippen LogP contribution >= 0.6 is 24.0 Å². The Labute approximate surface area is 213 Å². The Bertz CT molecular complexity index is 933. The number of hydrogen-bond donors (Lipinski definition) is 1. The Kier molecular flexibility index (Phi) is 10.8. The average molecular weight is 570 g/mol. The van der Waals surface area contributed by atoms with Crippen molar-refractivity contribution in [3.05, 3.63) is 36.2 Å². The molecule has 3 rings (SSSR count). The third-order valence-electron chi connectivity index (χ3n) is 5.13. The standard InChI is InChI=1S/C23H34N6O3.HI/c1-5-24-23(28-12-13-29(22(30)17-28)19-15-26-27(4)16-19)25-11-10-18-8-9-20(31-6-2)21(14-18)32-7-3;/h8-9,14-16H,5-7,10-13,17H2,1-4H3,(H,24,25);1H. The number of nitrogens with zero attached hydrogens (tertiary/aromatic N) is 5. The number of ether oxygens (including phenoxy) is 2. The van der Waals surface area contributed by atoms with Gasteiger partial charge in [-0.3, -0.25) is 14.5 Å². The lowest BCUT2D eigenvalue weighted by molar-refractivity contribution is -0.120. The molecule has 1 saturated heterocycles. The number of nitrogens with one attached hydrogen (secondary N) is 1. The van der Waals surface area contributed by atoms with Crippen molar-refractivity contribution in [2.75, 3.05) is 50.8 Å². The van der Waals surface area contributed by atoms with E-state index in [0.29, 0.717) is 32.8 Å². The van der Waals surface area contributed by atoms with Crippen molar-refractivity contribution in [3.63, 3.8) is 0 Å². The number of halogens is 1. The fourth-order valence-electron chi connectivity index (χ4n) is 3.64. The summed E-state index contributed by atoms with van der Waals surface area (Å²) in [6.07, 6.45) is 4.35. The summed E-state index contributed by atoms with van der Waals surface area (Å²) >= 11 is 0. The number of amides is 1. The van der Waals surface area contributed by atoms with Crippen LogP contribution < -0.4 is 19.7 Å². The maximum atomic E-state index is 12.7. The van der Waals surface area contributed by atoms with Gasteiger partial charge in [0.05, 0.1) is 25.1 Å². The fourth-order valence-corrected chi connectivity index (χ4v) is 3.64. The second-order valence-electron chi connectivity index (χ2n) is 7.47. The van der Waals surface area contributed by atoms with Crippen LogP contribution in [0.3, 0.4) is 0 Å². The van der Waals surface area contributed by atoms with E-state index >= 15 is 0 Å². The van der Waals surface area contributed by atoms with Gasteiger partial charge in [0.15, 0.2) is 17.5 Å². The average Bonchev–Trinajstić information content (AvgIpc) is 3.21. The van der Waals surface area contributed by atoms with Crippen molar-refractivity contribution in [1.29, 1.82) is 0 Å². The van der Waals surface area contributed by atoms with Crippen LogP contribution in [0.2, 0.25) is 0 Å². The first-order valence-electron chi connectivity index (χ1n) is 11.3. The molecule has 0 unspecified atom stereocenters. The lowest BCUT2D eigenvalue weighted by Crippen LogP contribution is -2.55. The van der Waals surface area contributed by atoms with Gasteiger partial charge in [0.2, 0.25) is 5.91 Å². The Morgan fingerprint density at radius 3 is 2.55 bits per heavy atom. The predicted octanol–water partition coefficient (Wildman–Crippen LogP) is 2.69. The van der Waals surface area contributed by atoms with Crippen LogP contribution in [0.5, 0.6) is 11.5 Å². The van der Waals surface area contributed by atoms with Gasteiger partial charge in [-0.25, -0.2) is 0 Å². The zero-order valence-electron chi connectivity index (χ0n) is 19.9. The molecule has 0 bridgehead atoms. The third-order valence-corrected chi connectivity index (χ3v) is 5.13. The van der Waals surface area contributed by atoms with E-state index in [9.17, 15) is 4.79 Å². The summed E-state index contributed by atoms with van der Waals surface area (Å²) in [6.45, 7) is 10.1. The topological polar surface area (TPSA) is 84.2 Å². The number of benzene rings is 1. The van der Waals surface area contributed by atoms with E-state index < -0.39 is 0 Å². The second-order valence-corrected chi connectivity index (χ2v) is 7.47. The number of aromatic nitrogens is 2. The molecule has 1 fully saturated rings. The number of piperazine rings is 1. The van der Waals surface area contributed by atoms with Crippen molar-refractivity contribution >= 4 is 41.5 Å². The number of anilines is 1. The molecule has 0 spiro atoms. The van der Waals surface area contributed by atoms with Gasteiger partial charge in [0, 0.05) is 39.4 Å². The van der Waals surface area contributed by atoms with Gasteiger partial charge in [0.1, 0.15) is 6.54 Å². The Hall–Kier alpha value is -2.50. The van der Waals surface area contributed by atoms with E-state index in [1.165, 1.54) is 0 Å². The van der Waals surface area contributed by atoms with Gasteiger partial charge >= 0.3 is 0 Å². The number of aliphatic imine (C=N–C) groups is 1. The highest BCUT2D eigenvalue weighted by atomic mass is 127. The lowest BCUT2D eigenvalue weighted by Gasteiger charge is -2.35. The molecule has 0 radical (unpaired) electrons. The van der Waals surface area contributed by atoms with Crippen LogP contribution in [-0.4, -0.2) is 72.5 Å². The van der Waals surface area contributed by atoms with Crippen LogP contribution in [0.25, 0.3) is 0 Å². The van der Waals surface area contributed by atoms with Gasteiger partial charge in [-0.05, 0) is 44.9 Å². The molecule has 0 aliphatic carbocycles. The Balaban J connectivity index is 0.00000385.